The molecule has 142 valence electrons. The zero-order chi connectivity index (χ0) is 19.8. The molecular weight excluding hydrogens is 342 g/mol. The molecule has 1 aliphatic rings. The Morgan fingerprint density at radius 1 is 1.19 bits per heavy atom. The number of nitrogens with one attached hydrogen (secondary N) is 1. The van der Waals surface area contributed by atoms with Gasteiger partial charge in [0.1, 0.15) is 11.5 Å². The topological polar surface area (TPSA) is 79.5 Å². The van der Waals surface area contributed by atoms with Gasteiger partial charge < -0.3 is 14.8 Å². The normalized spacial score (nSPS) is 25.4. The second kappa shape index (κ2) is 7.16. The molecule has 0 fully saturated rings. The first kappa shape index (κ1) is 19.1. The highest BCUT2D eigenvalue weighted by Crippen LogP contribution is 2.47. The summed E-state index contributed by atoms with van der Waals surface area (Å²) in [5, 5.41) is 14.4. The van der Waals surface area contributed by atoms with Crippen LogP contribution in [0.1, 0.15) is 44.4 Å². The minimum atomic E-state index is -1.31. The number of hydrogen-bond donors (Lipinski definition) is 2. The van der Waals surface area contributed by atoms with Gasteiger partial charge in [0.2, 0.25) is 0 Å². The van der Waals surface area contributed by atoms with E-state index in [4.69, 9.17) is 4.42 Å². The van der Waals surface area contributed by atoms with Crippen molar-refractivity contribution >= 4 is 17.3 Å². The summed E-state index contributed by atoms with van der Waals surface area (Å²) in [6.07, 6.45) is 1.69. The first-order valence-electron chi connectivity index (χ1n) is 9.04. The molecule has 0 unspecified atom stereocenters. The SMILES string of the molecule is CC(=O)C1=C(Nc2ccc(C)cc2)C[C@@](C)(O)[C@H](C(C)=O)[C@H]1c1ccco1. The summed E-state index contributed by atoms with van der Waals surface area (Å²) in [4.78, 5) is 25.0. The van der Waals surface area contributed by atoms with Crippen LogP contribution < -0.4 is 5.32 Å². The minimum Gasteiger partial charge on any atom is -0.469 e. The number of Topliss-reactive ketones (excluding diaryl/α,β-unsaturated/α-hetero) is 2. The monoisotopic (exact) mass is 367 g/mol. The van der Waals surface area contributed by atoms with Crippen LogP contribution in [0.4, 0.5) is 5.69 Å². The number of aryl methyl sites for hydroxylation is 1. The number of ketones is 2. The number of carbonyl (C=O) groups excluding carboxylic acids is 2. The van der Waals surface area contributed by atoms with Gasteiger partial charge in [-0.3, -0.25) is 9.59 Å². The maximum Gasteiger partial charge on any atom is 0.158 e. The Kier molecular flexibility index (Phi) is 5.07. The standard InChI is InChI=1S/C22H25NO4/c1-13-7-9-16(10-8-13)23-17-12-22(4,26)21(15(3)25)20(19(17)14(2)24)18-6-5-11-27-18/h5-11,20-21,23,26H,12H2,1-4H3/t20-,21+,22+/m0/s1. The molecule has 5 heteroatoms. The Morgan fingerprint density at radius 3 is 2.37 bits per heavy atom. The van der Waals surface area contributed by atoms with Gasteiger partial charge >= 0.3 is 0 Å². The smallest absolute Gasteiger partial charge is 0.158 e. The van der Waals surface area contributed by atoms with Crippen LogP contribution in [0.2, 0.25) is 0 Å². The van der Waals surface area contributed by atoms with E-state index in [2.05, 4.69) is 5.32 Å². The van der Waals surface area contributed by atoms with Crippen molar-refractivity contribution in [3.05, 3.63) is 65.3 Å². The molecule has 1 heterocycles. The summed E-state index contributed by atoms with van der Waals surface area (Å²) in [5.74, 6) is -1.20. The predicted molar refractivity (Wildman–Crippen MR) is 103 cm³/mol. The number of benzene rings is 1. The van der Waals surface area contributed by atoms with Crippen LogP contribution in [-0.2, 0) is 9.59 Å². The van der Waals surface area contributed by atoms with Gasteiger partial charge in [-0.25, -0.2) is 0 Å². The van der Waals surface area contributed by atoms with Crippen LogP contribution in [-0.4, -0.2) is 22.3 Å². The highest BCUT2D eigenvalue weighted by Gasteiger charge is 2.50. The van der Waals surface area contributed by atoms with Crippen molar-refractivity contribution in [3.63, 3.8) is 0 Å². The molecule has 0 aliphatic heterocycles. The van der Waals surface area contributed by atoms with Gasteiger partial charge in [-0.15, -0.1) is 0 Å². The molecule has 0 amide bonds. The zero-order valence-corrected chi connectivity index (χ0v) is 16.1. The lowest BCUT2D eigenvalue weighted by Gasteiger charge is -2.42. The highest BCUT2D eigenvalue weighted by atomic mass is 16.3. The molecule has 0 saturated carbocycles. The van der Waals surface area contributed by atoms with E-state index in [1.807, 2.05) is 31.2 Å². The summed E-state index contributed by atoms with van der Waals surface area (Å²) < 4.78 is 5.56. The third-order valence-electron chi connectivity index (χ3n) is 5.19. The molecule has 1 aromatic heterocycles. The minimum absolute atomic E-state index is 0.146. The van der Waals surface area contributed by atoms with E-state index in [-0.39, 0.29) is 18.0 Å². The fraction of sp³-hybridized carbons (Fsp3) is 0.364. The molecule has 1 aliphatic carbocycles. The van der Waals surface area contributed by atoms with Gasteiger partial charge in [0.05, 0.1) is 23.7 Å². The van der Waals surface area contributed by atoms with Crippen LogP contribution in [0.3, 0.4) is 0 Å². The largest absolute Gasteiger partial charge is 0.469 e. The number of hydrogen-bond acceptors (Lipinski definition) is 5. The van der Waals surface area contributed by atoms with Gasteiger partial charge in [0.25, 0.3) is 0 Å². The van der Waals surface area contributed by atoms with Crippen molar-refractivity contribution < 1.29 is 19.1 Å². The van der Waals surface area contributed by atoms with E-state index in [1.165, 1.54) is 20.1 Å². The van der Waals surface area contributed by atoms with Gasteiger partial charge in [0.15, 0.2) is 5.78 Å². The summed E-state index contributed by atoms with van der Waals surface area (Å²) in [6, 6.07) is 11.3. The van der Waals surface area contributed by atoms with E-state index >= 15 is 0 Å². The highest BCUT2D eigenvalue weighted by molar-refractivity contribution is 5.98. The molecular formula is C22H25NO4. The van der Waals surface area contributed by atoms with Gasteiger partial charge in [-0.1, -0.05) is 17.7 Å². The van der Waals surface area contributed by atoms with E-state index in [0.717, 1.165) is 11.3 Å². The lowest BCUT2D eigenvalue weighted by atomic mass is 9.65. The first-order chi connectivity index (χ1) is 12.7. The molecule has 2 aromatic rings. The molecule has 3 atom stereocenters. The Hall–Kier alpha value is -2.66. The summed E-state index contributed by atoms with van der Waals surface area (Å²) in [7, 11) is 0. The zero-order valence-electron chi connectivity index (χ0n) is 16.1. The maximum absolute atomic E-state index is 12.6. The molecule has 3 rings (SSSR count). The summed E-state index contributed by atoms with van der Waals surface area (Å²) in [5.41, 5.74) is 1.74. The number of allylic oxidation sites excluding steroid dienone is 1. The van der Waals surface area contributed by atoms with Gasteiger partial charge in [-0.2, -0.15) is 0 Å². The Balaban J connectivity index is 2.16. The molecule has 0 radical (unpaired) electrons. The summed E-state index contributed by atoms with van der Waals surface area (Å²) >= 11 is 0. The van der Waals surface area contributed by atoms with E-state index in [1.54, 1.807) is 19.1 Å². The molecule has 2 N–H and O–H groups in total. The van der Waals surface area contributed by atoms with Crippen molar-refractivity contribution in [1.82, 2.24) is 0 Å². The lowest BCUT2D eigenvalue weighted by molar-refractivity contribution is -0.131. The fourth-order valence-corrected chi connectivity index (χ4v) is 4.08. The van der Waals surface area contributed by atoms with E-state index < -0.39 is 17.4 Å². The molecule has 0 saturated heterocycles. The first-order valence-corrected chi connectivity index (χ1v) is 9.04. The van der Waals surface area contributed by atoms with Crippen LogP contribution in [0.25, 0.3) is 0 Å². The van der Waals surface area contributed by atoms with Crippen molar-refractivity contribution in [2.24, 2.45) is 5.92 Å². The second-order valence-corrected chi connectivity index (χ2v) is 7.55. The van der Waals surface area contributed by atoms with Crippen molar-refractivity contribution in [1.29, 1.82) is 0 Å². The Labute approximate surface area is 159 Å². The maximum atomic E-state index is 12.6. The van der Waals surface area contributed by atoms with Crippen molar-refractivity contribution in [2.45, 2.75) is 45.6 Å². The fourth-order valence-electron chi connectivity index (χ4n) is 4.08. The van der Waals surface area contributed by atoms with Crippen molar-refractivity contribution in [3.8, 4) is 0 Å². The number of carbonyl (C=O) groups is 2. The molecule has 5 nitrogen and oxygen atoms in total. The molecule has 0 spiro atoms. The molecule has 0 bridgehead atoms. The predicted octanol–water partition coefficient (Wildman–Crippen LogP) is 3.99. The number of rotatable bonds is 5. The third-order valence-corrected chi connectivity index (χ3v) is 5.19. The number of aliphatic hydroxyl groups is 1. The average Bonchev–Trinajstić information content (AvgIpc) is 3.09. The van der Waals surface area contributed by atoms with Crippen molar-refractivity contribution in [2.75, 3.05) is 5.32 Å². The van der Waals surface area contributed by atoms with Crippen LogP contribution in [0.5, 0.6) is 0 Å². The number of anilines is 1. The molecule has 1 aromatic carbocycles. The van der Waals surface area contributed by atoms with E-state index in [9.17, 15) is 14.7 Å². The van der Waals surface area contributed by atoms with Crippen LogP contribution >= 0.6 is 0 Å². The number of furan rings is 1. The quantitative estimate of drug-likeness (QED) is 0.835. The van der Waals surface area contributed by atoms with Gasteiger partial charge in [0, 0.05) is 23.4 Å². The summed E-state index contributed by atoms with van der Waals surface area (Å²) in [6.45, 7) is 6.58. The molecule has 27 heavy (non-hydrogen) atoms. The van der Waals surface area contributed by atoms with E-state index in [0.29, 0.717) is 17.0 Å². The second-order valence-electron chi connectivity index (χ2n) is 7.55. The van der Waals surface area contributed by atoms with Crippen LogP contribution in [0, 0.1) is 12.8 Å². The van der Waals surface area contributed by atoms with Crippen LogP contribution in [0.15, 0.2) is 58.3 Å². The Bertz CT molecular complexity index is 876. The van der Waals surface area contributed by atoms with Gasteiger partial charge in [-0.05, 0) is 52.0 Å². The Morgan fingerprint density at radius 2 is 1.85 bits per heavy atom. The average molecular weight is 367 g/mol. The third kappa shape index (κ3) is 3.74. The lowest BCUT2D eigenvalue weighted by Crippen LogP contribution is -2.48.